The first-order valence-electron chi connectivity index (χ1n) is 8.49. The fourth-order valence-electron chi connectivity index (χ4n) is 2.90. The van der Waals surface area contributed by atoms with Gasteiger partial charge in [-0.15, -0.1) is 0 Å². The summed E-state index contributed by atoms with van der Waals surface area (Å²) in [4.78, 5) is 22.0. The number of hydrogen-bond acceptors (Lipinski definition) is 4. The number of aryl methyl sites for hydroxylation is 1. The molecule has 0 unspecified atom stereocenters. The molecular formula is C20H23N3O3. The number of fused-ring (bicyclic) bond motifs is 1. The summed E-state index contributed by atoms with van der Waals surface area (Å²) in [7, 11) is 5.04. The van der Waals surface area contributed by atoms with E-state index in [2.05, 4.69) is 9.97 Å². The van der Waals surface area contributed by atoms with Crippen molar-refractivity contribution in [1.82, 2.24) is 14.9 Å². The van der Waals surface area contributed by atoms with Crippen LogP contribution in [0.25, 0.3) is 11.0 Å². The zero-order chi connectivity index (χ0) is 18.5. The Labute approximate surface area is 152 Å². The predicted molar refractivity (Wildman–Crippen MR) is 100 cm³/mol. The van der Waals surface area contributed by atoms with E-state index in [0.29, 0.717) is 19.4 Å². The first kappa shape index (κ1) is 17.8. The number of hydrogen-bond donors (Lipinski definition) is 1. The second-order valence-corrected chi connectivity index (χ2v) is 6.13. The Kier molecular flexibility index (Phi) is 5.41. The average Bonchev–Trinajstić information content (AvgIpc) is 3.07. The molecule has 3 rings (SSSR count). The van der Waals surface area contributed by atoms with Gasteiger partial charge in [0, 0.05) is 13.5 Å². The minimum Gasteiger partial charge on any atom is -0.497 e. The first-order valence-corrected chi connectivity index (χ1v) is 8.49. The monoisotopic (exact) mass is 353 g/mol. The normalized spacial score (nSPS) is 10.7. The molecule has 1 heterocycles. The van der Waals surface area contributed by atoms with E-state index in [1.807, 2.05) is 42.5 Å². The van der Waals surface area contributed by atoms with Crippen molar-refractivity contribution in [3.8, 4) is 11.5 Å². The third-order valence-electron chi connectivity index (χ3n) is 4.35. The van der Waals surface area contributed by atoms with Crippen LogP contribution in [0.1, 0.15) is 17.8 Å². The van der Waals surface area contributed by atoms with Gasteiger partial charge in [0.25, 0.3) is 0 Å². The molecule has 0 radical (unpaired) electrons. The summed E-state index contributed by atoms with van der Waals surface area (Å²) in [6.45, 7) is 0.447. The van der Waals surface area contributed by atoms with Gasteiger partial charge in [0.1, 0.15) is 17.3 Å². The number of methoxy groups -OCH3 is 2. The number of benzene rings is 2. The first-order chi connectivity index (χ1) is 12.6. The lowest BCUT2D eigenvalue weighted by Crippen LogP contribution is -2.26. The number of aromatic nitrogens is 2. The Morgan fingerprint density at radius 1 is 1.15 bits per heavy atom. The van der Waals surface area contributed by atoms with Crippen LogP contribution in [0.4, 0.5) is 0 Å². The summed E-state index contributed by atoms with van der Waals surface area (Å²) in [6, 6.07) is 13.4. The molecule has 26 heavy (non-hydrogen) atoms. The van der Waals surface area contributed by atoms with Gasteiger partial charge >= 0.3 is 0 Å². The molecule has 0 aliphatic heterocycles. The Bertz CT molecular complexity index is 871. The van der Waals surface area contributed by atoms with Gasteiger partial charge in [-0.25, -0.2) is 4.98 Å². The molecule has 6 heteroatoms. The second kappa shape index (κ2) is 7.91. The molecule has 2 aromatic carbocycles. The van der Waals surface area contributed by atoms with Gasteiger partial charge in [0.15, 0.2) is 0 Å². The largest absolute Gasteiger partial charge is 0.497 e. The molecule has 0 saturated heterocycles. The average molecular weight is 353 g/mol. The van der Waals surface area contributed by atoms with Gasteiger partial charge in [-0.3, -0.25) is 4.79 Å². The lowest BCUT2D eigenvalue weighted by atomic mass is 10.1. The van der Waals surface area contributed by atoms with Crippen LogP contribution in [0, 0.1) is 0 Å². The number of H-pyrrole nitrogens is 1. The van der Waals surface area contributed by atoms with E-state index in [9.17, 15) is 4.79 Å². The van der Waals surface area contributed by atoms with E-state index in [-0.39, 0.29) is 5.91 Å². The molecule has 136 valence electrons. The smallest absolute Gasteiger partial charge is 0.223 e. The van der Waals surface area contributed by atoms with Crippen LogP contribution in [0.2, 0.25) is 0 Å². The van der Waals surface area contributed by atoms with E-state index in [1.165, 1.54) is 0 Å². The van der Waals surface area contributed by atoms with Crippen LogP contribution in [-0.4, -0.2) is 42.0 Å². The van der Waals surface area contributed by atoms with Crippen molar-refractivity contribution in [1.29, 1.82) is 0 Å². The molecule has 1 N–H and O–H groups in total. The number of nitrogens with one attached hydrogen (secondary N) is 1. The molecule has 3 aromatic rings. The van der Waals surface area contributed by atoms with Crippen LogP contribution in [0.5, 0.6) is 11.5 Å². The number of amides is 1. The zero-order valence-corrected chi connectivity index (χ0v) is 15.3. The van der Waals surface area contributed by atoms with Crippen molar-refractivity contribution in [2.75, 3.05) is 21.3 Å². The SMILES string of the molecule is COc1ccc(OC)c(CCC(=O)N(C)Cc2nc3ccccc3[nH]2)c1. The molecule has 0 atom stereocenters. The van der Waals surface area contributed by atoms with E-state index < -0.39 is 0 Å². The maximum atomic E-state index is 12.5. The Hall–Kier alpha value is -3.02. The molecule has 0 bridgehead atoms. The number of imidazole rings is 1. The van der Waals surface area contributed by atoms with Gasteiger partial charge in [-0.05, 0) is 42.3 Å². The summed E-state index contributed by atoms with van der Waals surface area (Å²) in [5, 5.41) is 0. The van der Waals surface area contributed by atoms with Crippen molar-refractivity contribution in [3.05, 3.63) is 53.9 Å². The van der Waals surface area contributed by atoms with Crippen LogP contribution in [0.3, 0.4) is 0 Å². The third-order valence-corrected chi connectivity index (χ3v) is 4.35. The fraction of sp³-hybridized carbons (Fsp3) is 0.300. The topological polar surface area (TPSA) is 67.5 Å². The van der Waals surface area contributed by atoms with Gasteiger partial charge in [0.2, 0.25) is 5.91 Å². The molecule has 0 aliphatic rings. The molecule has 1 amide bonds. The minimum absolute atomic E-state index is 0.0512. The molecular weight excluding hydrogens is 330 g/mol. The van der Waals surface area contributed by atoms with Gasteiger partial charge in [0.05, 0.1) is 31.8 Å². The van der Waals surface area contributed by atoms with Crippen molar-refractivity contribution >= 4 is 16.9 Å². The van der Waals surface area contributed by atoms with Crippen molar-refractivity contribution < 1.29 is 14.3 Å². The number of ether oxygens (including phenoxy) is 2. The van der Waals surface area contributed by atoms with Gasteiger partial charge in [-0.1, -0.05) is 12.1 Å². The maximum absolute atomic E-state index is 12.5. The quantitative estimate of drug-likeness (QED) is 0.708. The number of para-hydroxylation sites is 2. The van der Waals surface area contributed by atoms with E-state index in [1.54, 1.807) is 26.2 Å². The zero-order valence-electron chi connectivity index (χ0n) is 15.3. The summed E-state index contributed by atoms with van der Waals surface area (Å²) < 4.78 is 10.6. The Morgan fingerprint density at radius 2 is 1.96 bits per heavy atom. The minimum atomic E-state index is 0.0512. The summed E-state index contributed by atoms with van der Waals surface area (Å²) in [6.07, 6.45) is 0.976. The molecule has 1 aromatic heterocycles. The molecule has 0 fully saturated rings. The highest BCUT2D eigenvalue weighted by Gasteiger charge is 2.14. The van der Waals surface area contributed by atoms with E-state index >= 15 is 0 Å². The number of carbonyl (C=O) groups is 1. The summed E-state index contributed by atoms with van der Waals surface area (Å²) in [5.74, 6) is 2.35. The van der Waals surface area contributed by atoms with Gasteiger partial charge < -0.3 is 19.4 Å². The van der Waals surface area contributed by atoms with Crippen LogP contribution >= 0.6 is 0 Å². The molecule has 0 spiro atoms. The van der Waals surface area contributed by atoms with Crippen LogP contribution < -0.4 is 9.47 Å². The lowest BCUT2D eigenvalue weighted by molar-refractivity contribution is -0.130. The Morgan fingerprint density at radius 3 is 2.69 bits per heavy atom. The van der Waals surface area contributed by atoms with Crippen molar-refractivity contribution in [2.45, 2.75) is 19.4 Å². The van der Waals surface area contributed by atoms with E-state index in [4.69, 9.17) is 9.47 Å². The number of rotatable bonds is 7. The Balaban J connectivity index is 1.62. The lowest BCUT2D eigenvalue weighted by Gasteiger charge is -2.16. The van der Waals surface area contributed by atoms with Crippen LogP contribution in [-0.2, 0) is 17.8 Å². The van der Waals surface area contributed by atoms with Crippen molar-refractivity contribution in [3.63, 3.8) is 0 Å². The third kappa shape index (κ3) is 3.96. The maximum Gasteiger partial charge on any atom is 0.223 e. The standard InChI is InChI=1S/C20H23N3O3/c1-23(13-19-21-16-6-4-5-7-17(16)22-19)20(24)11-8-14-12-15(25-2)9-10-18(14)26-3/h4-7,9-10,12H,8,11,13H2,1-3H3,(H,21,22). The highest BCUT2D eigenvalue weighted by molar-refractivity contribution is 5.77. The van der Waals surface area contributed by atoms with E-state index in [0.717, 1.165) is 33.9 Å². The second-order valence-electron chi connectivity index (χ2n) is 6.13. The number of nitrogens with zero attached hydrogens (tertiary/aromatic N) is 2. The summed E-state index contributed by atoms with van der Waals surface area (Å²) >= 11 is 0. The van der Waals surface area contributed by atoms with Gasteiger partial charge in [-0.2, -0.15) is 0 Å². The molecule has 0 saturated carbocycles. The highest BCUT2D eigenvalue weighted by Crippen LogP contribution is 2.25. The molecule has 6 nitrogen and oxygen atoms in total. The molecule has 0 aliphatic carbocycles. The summed E-state index contributed by atoms with van der Waals surface area (Å²) in [5.41, 5.74) is 2.84. The predicted octanol–water partition coefficient (Wildman–Crippen LogP) is 3.17. The fourth-order valence-corrected chi connectivity index (χ4v) is 2.90. The number of aromatic amines is 1. The van der Waals surface area contributed by atoms with Crippen LogP contribution in [0.15, 0.2) is 42.5 Å². The number of carbonyl (C=O) groups excluding carboxylic acids is 1. The highest BCUT2D eigenvalue weighted by atomic mass is 16.5. The van der Waals surface area contributed by atoms with Crippen molar-refractivity contribution in [2.24, 2.45) is 0 Å².